The van der Waals surface area contributed by atoms with E-state index in [1.54, 1.807) is 12.1 Å². The van der Waals surface area contributed by atoms with Gasteiger partial charge >= 0.3 is 0 Å². The highest BCUT2D eigenvalue weighted by Crippen LogP contribution is 2.28. The Bertz CT molecular complexity index is 959. The van der Waals surface area contributed by atoms with E-state index in [1.807, 2.05) is 12.1 Å². The molecule has 1 amide bonds. The maximum atomic E-state index is 12.5. The minimum atomic E-state index is -3.64. The van der Waals surface area contributed by atoms with Crippen LogP contribution in [0.1, 0.15) is 31.2 Å². The Hall–Kier alpha value is -1.80. The van der Waals surface area contributed by atoms with Gasteiger partial charge in [0.05, 0.1) is 9.92 Å². The van der Waals surface area contributed by atoms with Gasteiger partial charge in [-0.1, -0.05) is 48.2 Å². The SMILES string of the molecule is O=C(COc1ccc(S(=O)(=O)NC2CCCC2)cc1Cl)NCc1ccc(Cl)cc1. The number of sulfonamides is 1. The van der Waals surface area contributed by atoms with Gasteiger partial charge in [0.15, 0.2) is 6.61 Å². The molecule has 2 aromatic rings. The summed E-state index contributed by atoms with van der Waals surface area (Å²) in [6.45, 7) is 0.108. The molecule has 29 heavy (non-hydrogen) atoms. The summed E-state index contributed by atoms with van der Waals surface area (Å²) < 4.78 is 33.1. The zero-order valence-corrected chi connectivity index (χ0v) is 18.0. The Morgan fingerprint density at radius 3 is 2.41 bits per heavy atom. The molecular weight excluding hydrogens is 435 g/mol. The predicted octanol–water partition coefficient (Wildman–Crippen LogP) is 3.91. The lowest BCUT2D eigenvalue weighted by Gasteiger charge is -2.14. The number of carbonyl (C=O) groups excluding carboxylic acids is 1. The van der Waals surface area contributed by atoms with Crippen molar-refractivity contribution in [2.45, 2.75) is 43.2 Å². The van der Waals surface area contributed by atoms with E-state index >= 15 is 0 Å². The third-order valence-electron chi connectivity index (χ3n) is 4.65. The Morgan fingerprint density at radius 1 is 1.07 bits per heavy atom. The molecule has 0 unspecified atom stereocenters. The Kier molecular flexibility index (Phi) is 7.40. The second kappa shape index (κ2) is 9.80. The number of benzene rings is 2. The highest BCUT2D eigenvalue weighted by molar-refractivity contribution is 7.89. The molecule has 0 bridgehead atoms. The molecule has 2 aromatic carbocycles. The van der Waals surface area contributed by atoms with Gasteiger partial charge in [0.2, 0.25) is 10.0 Å². The van der Waals surface area contributed by atoms with E-state index in [0.717, 1.165) is 31.2 Å². The van der Waals surface area contributed by atoms with Crippen LogP contribution in [0.4, 0.5) is 0 Å². The molecule has 2 N–H and O–H groups in total. The molecule has 1 fully saturated rings. The van der Waals surface area contributed by atoms with Crippen LogP contribution in [0.2, 0.25) is 10.0 Å². The van der Waals surface area contributed by atoms with E-state index in [2.05, 4.69) is 10.0 Å². The fourth-order valence-corrected chi connectivity index (χ4v) is 4.85. The van der Waals surface area contributed by atoms with Crippen molar-refractivity contribution in [2.75, 3.05) is 6.61 Å². The lowest BCUT2D eigenvalue weighted by atomic mass is 10.2. The molecule has 0 radical (unpaired) electrons. The van der Waals surface area contributed by atoms with Gasteiger partial charge in [0.25, 0.3) is 5.91 Å². The number of hydrogen-bond donors (Lipinski definition) is 2. The van der Waals surface area contributed by atoms with Crippen LogP contribution in [0, 0.1) is 0 Å². The van der Waals surface area contributed by atoms with Crippen LogP contribution < -0.4 is 14.8 Å². The second-order valence-electron chi connectivity index (χ2n) is 6.89. The Morgan fingerprint density at radius 2 is 1.76 bits per heavy atom. The molecule has 0 atom stereocenters. The molecule has 1 aliphatic carbocycles. The summed E-state index contributed by atoms with van der Waals surface area (Å²) in [6.07, 6.45) is 3.75. The highest BCUT2D eigenvalue weighted by atomic mass is 35.5. The van der Waals surface area contributed by atoms with Gasteiger partial charge in [0, 0.05) is 17.6 Å². The Labute approximate surface area is 180 Å². The first-order chi connectivity index (χ1) is 13.8. The molecule has 0 spiro atoms. The molecule has 3 rings (SSSR count). The van der Waals surface area contributed by atoms with Crippen molar-refractivity contribution in [3.63, 3.8) is 0 Å². The van der Waals surface area contributed by atoms with Gasteiger partial charge in [-0.05, 0) is 48.7 Å². The standard InChI is InChI=1S/C20H22Cl2N2O4S/c21-15-7-5-14(6-8-15)12-23-20(25)13-28-19-10-9-17(11-18(19)22)29(26,27)24-16-3-1-2-4-16/h5-11,16,24H,1-4,12-13H2,(H,23,25). The molecule has 9 heteroatoms. The van der Waals surface area contributed by atoms with Crippen molar-refractivity contribution >= 4 is 39.1 Å². The molecule has 1 saturated carbocycles. The van der Waals surface area contributed by atoms with Crippen molar-refractivity contribution in [1.29, 1.82) is 0 Å². The van der Waals surface area contributed by atoms with Gasteiger partial charge in [0.1, 0.15) is 5.75 Å². The van der Waals surface area contributed by atoms with Gasteiger partial charge in [-0.15, -0.1) is 0 Å². The monoisotopic (exact) mass is 456 g/mol. The summed E-state index contributed by atoms with van der Waals surface area (Å²) in [5.41, 5.74) is 0.908. The third kappa shape index (κ3) is 6.34. The number of nitrogens with one attached hydrogen (secondary N) is 2. The van der Waals surface area contributed by atoms with Crippen molar-refractivity contribution in [3.05, 3.63) is 58.1 Å². The van der Waals surface area contributed by atoms with Crippen LogP contribution in [0.15, 0.2) is 47.4 Å². The molecule has 0 aliphatic heterocycles. The summed E-state index contributed by atoms with van der Waals surface area (Å²) in [7, 11) is -3.64. The zero-order chi connectivity index (χ0) is 20.9. The smallest absolute Gasteiger partial charge is 0.258 e. The van der Waals surface area contributed by atoms with E-state index < -0.39 is 10.0 Å². The number of carbonyl (C=O) groups is 1. The van der Waals surface area contributed by atoms with Crippen LogP contribution in [0.25, 0.3) is 0 Å². The van der Waals surface area contributed by atoms with Crippen LogP contribution >= 0.6 is 23.2 Å². The average molecular weight is 457 g/mol. The topological polar surface area (TPSA) is 84.5 Å². The minimum absolute atomic E-state index is 0.0287. The summed E-state index contributed by atoms with van der Waals surface area (Å²) in [4.78, 5) is 12.1. The summed E-state index contributed by atoms with van der Waals surface area (Å²) >= 11 is 12.0. The van der Waals surface area contributed by atoms with E-state index in [1.165, 1.54) is 18.2 Å². The van der Waals surface area contributed by atoms with Gasteiger partial charge < -0.3 is 10.1 Å². The summed E-state index contributed by atoms with van der Waals surface area (Å²) in [6, 6.07) is 11.3. The minimum Gasteiger partial charge on any atom is -0.482 e. The normalized spacial score (nSPS) is 14.7. The molecule has 0 saturated heterocycles. The number of amides is 1. The number of hydrogen-bond acceptors (Lipinski definition) is 4. The fourth-order valence-electron chi connectivity index (χ4n) is 3.09. The van der Waals surface area contributed by atoms with E-state index in [4.69, 9.17) is 27.9 Å². The van der Waals surface area contributed by atoms with Crippen LogP contribution in [0.3, 0.4) is 0 Å². The molecule has 156 valence electrons. The first kappa shape index (κ1) is 21.9. The van der Waals surface area contributed by atoms with E-state index in [0.29, 0.717) is 11.6 Å². The summed E-state index contributed by atoms with van der Waals surface area (Å²) in [5.74, 6) is -0.0799. The van der Waals surface area contributed by atoms with Crippen LogP contribution in [-0.2, 0) is 21.4 Å². The van der Waals surface area contributed by atoms with E-state index in [9.17, 15) is 13.2 Å². The number of rotatable bonds is 8. The molecule has 0 heterocycles. The van der Waals surface area contributed by atoms with Crippen LogP contribution in [-0.4, -0.2) is 27.0 Å². The maximum absolute atomic E-state index is 12.5. The van der Waals surface area contributed by atoms with Crippen molar-refractivity contribution < 1.29 is 17.9 Å². The van der Waals surface area contributed by atoms with Crippen molar-refractivity contribution in [1.82, 2.24) is 10.0 Å². The van der Waals surface area contributed by atoms with E-state index in [-0.39, 0.29) is 34.2 Å². The lowest BCUT2D eigenvalue weighted by molar-refractivity contribution is -0.123. The van der Waals surface area contributed by atoms with Crippen LogP contribution in [0.5, 0.6) is 5.75 Å². The molecule has 0 aromatic heterocycles. The molecule has 1 aliphatic rings. The average Bonchev–Trinajstić information content (AvgIpc) is 3.18. The quantitative estimate of drug-likeness (QED) is 0.630. The number of ether oxygens (including phenoxy) is 1. The molecular formula is C20H22Cl2N2O4S. The largest absolute Gasteiger partial charge is 0.482 e. The first-order valence-corrected chi connectivity index (χ1v) is 11.5. The predicted molar refractivity (Wildman–Crippen MR) is 113 cm³/mol. The first-order valence-electron chi connectivity index (χ1n) is 9.29. The second-order valence-corrected chi connectivity index (χ2v) is 9.44. The lowest BCUT2D eigenvalue weighted by Crippen LogP contribution is -2.32. The van der Waals surface area contributed by atoms with Crippen molar-refractivity contribution in [3.8, 4) is 5.75 Å². The fraction of sp³-hybridized carbons (Fsp3) is 0.350. The molecule has 6 nitrogen and oxygen atoms in total. The Balaban J connectivity index is 1.53. The maximum Gasteiger partial charge on any atom is 0.258 e. The summed E-state index contributed by atoms with van der Waals surface area (Å²) in [5, 5.41) is 3.48. The zero-order valence-electron chi connectivity index (χ0n) is 15.7. The number of halogens is 2. The van der Waals surface area contributed by atoms with Gasteiger partial charge in [-0.2, -0.15) is 0 Å². The van der Waals surface area contributed by atoms with Gasteiger partial charge in [-0.25, -0.2) is 13.1 Å². The van der Waals surface area contributed by atoms with Crippen molar-refractivity contribution in [2.24, 2.45) is 0 Å². The van der Waals surface area contributed by atoms with Gasteiger partial charge in [-0.3, -0.25) is 4.79 Å². The third-order valence-corrected chi connectivity index (χ3v) is 6.72. The highest BCUT2D eigenvalue weighted by Gasteiger charge is 2.23.